The fourth-order valence-electron chi connectivity index (χ4n) is 4.09. The molecule has 1 fully saturated rings. The lowest BCUT2D eigenvalue weighted by atomic mass is 9.84. The standard InChI is InChI=1S/C24H27NO2/c1-18-5-4-8-22(15-18)24(27)11-13-25(14-12-24)17-23(26)21-10-9-19-6-2-3-7-20(19)16-21/h2-10,15-16,23,26-27H,11-14,17H2,1H3/t23-/m0/s1. The van der Waals surface area contributed by atoms with E-state index in [1.54, 1.807) is 0 Å². The number of rotatable bonds is 4. The van der Waals surface area contributed by atoms with Gasteiger partial charge in [-0.3, -0.25) is 0 Å². The maximum atomic E-state index is 11.1. The van der Waals surface area contributed by atoms with Crippen LogP contribution < -0.4 is 0 Å². The minimum absolute atomic E-state index is 0.514. The van der Waals surface area contributed by atoms with Crippen LogP contribution in [0.5, 0.6) is 0 Å². The third-order valence-electron chi connectivity index (χ3n) is 5.83. The number of fused-ring (bicyclic) bond motifs is 1. The fraction of sp³-hybridized carbons (Fsp3) is 0.333. The molecule has 3 heteroatoms. The van der Waals surface area contributed by atoms with Gasteiger partial charge in [0, 0.05) is 19.6 Å². The van der Waals surface area contributed by atoms with Crippen LogP contribution in [0.3, 0.4) is 0 Å². The molecule has 3 aromatic carbocycles. The van der Waals surface area contributed by atoms with Gasteiger partial charge in [-0.25, -0.2) is 0 Å². The number of hydrogen-bond acceptors (Lipinski definition) is 3. The lowest BCUT2D eigenvalue weighted by Crippen LogP contribution is -2.44. The molecule has 3 nitrogen and oxygen atoms in total. The minimum atomic E-state index is -0.754. The Bertz CT molecular complexity index is 928. The van der Waals surface area contributed by atoms with Crippen molar-refractivity contribution in [1.82, 2.24) is 4.90 Å². The average Bonchev–Trinajstić information content (AvgIpc) is 2.69. The summed E-state index contributed by atoms with van der Waals surface area (Å²) < 4.78 is 0. The van der Waals surface area contributed by atoms with Gasteiger partial charge in [0.05, 0.1) is 11.7 Å². The summed E-state index contributed by atoms with van der Waals surface area (Å²) in [5, 5.41) is 24.1. The van der Waals surface area contributed by atoms with Gasteiger partial charge in [0.2, 0.25) is 0 Å². The van der Waals surface area contributed by atoms with E-state index in [-0.39, 0.29) is 0 Å². The van der Waals surface area contributed by atoms with Gasteiger partial charge < -0.3 is 15.1 Å². The molecule has 0 unspecified atom stereocenters. The highest BCUT2D eigenvalue weighted by Gasteiger charge is 2.34. The van der Waals surface area contributed by atoms with Crippen molar-refractivity contribution in [1.29, 1.82) is 0 Å². The van der Waals surface area contributed by atoms with E-state index in [9.17, 15) is 10.2 Å². The first-order valence-corrected chi connectivity index (χ1v) is 9.72. The van der Waals surface area contributed by atoms with E-state index in [4.69, 9.17) is 0 Å². The largest absolute Gasteiger partial charge is 0.387 e. The van der Waals surface area contributed by atoms with Crippen LogP contribution in [0, 0.1) is 6.92 Å². The van der Waals surface area contributed by atoms with Crippen molar-refractivity contribution in [3.05, 3.63) is 83.4 Å². The van der Waals surface area contributed by atoms with E-state index in [2.05, 4.69) is 48.2 Å². The molecular formula is C24H27NO2. The lowest BCUT2D eigenvalue weighted by molar-refractivity contribution is -0.0345. The van der Waals surface area contributed by atoms with Crippen LogP contribution in [0.15, 0.2) is 66.7 Å². The van der Waals surface area contributed by atoms with Crippen molar-refractivity contribution < 1.29 is 10.2 Å². The smallest absolute Gasteiger partial charge is 0.0921 e. The van der Waals surface area contributed by atoms with Crippen molar-refractivity contribution >= 4 is 10.8 Å². The summed E-state index contributed by atoms with van der Waals surface area (Å²) in [5.74, 6) is 0. The molecule has 1 atom stereocenters. The Hall–Kier alpha value is -2.20. The average molecular weight is 361 g/mol. The number of nitrogens with zero attached hydrogens (tertiary/aromatic N) is 1. The number of aliphatic hydroxyl groups is 2. The molecule has 0 aliphatic carbocycles. The SMILES string of the molecule is Cc1cccc(C2(O)CCN(C[C@H](O)c3ccc4ccccc4c3)CC2)c1. The number of β-amino-alcohol motifs (C(OH)–C–C–N with tert-alkyl or cyclic N) is 1. The van der Waals surface area contributed by atoms with E-state index >= 15 is 0 Å². The number of hydrogen-bond donors (Lipinski definition) is 2. The Morgan fingerprint density at radius 1 is 0.926 bits per heavy atom. The van der Waals surface area contributed by atoms with E-state index in [0.717, 1.165) is 29.6 Å². The summed E-state index contributed by atoms with van der Waals surface area (Å²) in [5.41, 5.74) is 2.39. The lowest BCUT2D eigenvalue weighted by Gasteiger charge is -2.39. The highest BCUT2D eigenvalue weighted by molar-refractivity contribution is 5.83. The van der Waals surface area contributed by atoms with E-state index in [1.807, 2.05) is 30.3 Å². The molecule has 0 saturated carbocycles. The molecule has 0 radical (unpaired) electrons. The topological polar surface area (TPSA) is 43.7 Å². The zero-order valence-electron chi connectivity index (χ0n) is 15.8. The van der Waals surface area contributed by atoms with Crippen molar-refractivity contribution in [2.45, 2.75) is 31.5 Å². The van der Waals surface area contributed by atoms with Gasteiger partial charge in [-0.1, -0.05) is 66.2 Å². The van der Waals surface area contributed by atoms with Gasteiger partial charge in [0.15, 0.2) is 0 Å². The highest BCUT2D eigenvalue weighted by Crippen LogP contribution is 2.34. The number of likely N-dealkylation sites (tertiary alicyclic amines) is 1. The maximum absolute atomic E-state index is 11.1. The van der Waals surface area contributed by atoms with Crippen LogP contribution in [0.1, 0.15) is 35.6 Å². The van der Waals surface area contributed by atoms with Crippen LogP contribution in [0.4, 0.5) is 0 Å². The molecule has 3 aromatic rings. The fourth-order valence-corrected chi connectivity index (χ4v) is 4.09. The van der Waals surface area contributed by atoms with Crippen molar-refractivity contribution in [3.8, 4) is 0 Å². The zero-order chi connectivity index (χ0) is 18.9. The quantitative estimate of drug-likeness (QED) is 0.733. The molecule has 0 aromatic heterocycles. The predicted molar refractivity (Wildman–Crippen MR) is 110 cm³/mol. The first-order chi connectivity index (χ1) is 13.0. The molecule has 0 bridgehead atoms. The first-order valence-electron chi connectivity index (χ1n) is 9.72. The summed E-state index contributed by atoms with van der Waals surface area (Å²) in [7, 11) is 0. The van der Waals surface area contributed by atoms with E-state index < -0.39 is 11.7 Å². The second-order valence-corrected chi connectivity index (χ2v) is 7.82. The molecule has 2 N–H and O–H groups in total. The van der Waals surface area contributed by atoms with Crippen molar-refractivity contribution in [3.63, 3.8) is 0 Å². The Morgan fingerprint density at radius 3 is 2.41 bits per heavy atom. The second-order valence-electron chi connectivity index (χ2n) is 7.82. The van der Waals surface area contributed by atoms with Crippen LogP contribution in [-0.2, 0) is 5.60 Å². The zero-order valence-corrected chi connectivity index (χ0v) is 15.8. The summed E-state index contributed by atoms with van der Waals surface area (Å²) in [6.07, 6.45) is 0.877. The summed E-state index contributed by atoms with van der Waals surface area (Å²) in [6, 6.07) is 22.5. The number of aryl methyl sites for hydroxylation is 1. The van der Waals surface area contributed by atoms with Crippen molar-refractivity contribution in [2.75, 3.05) is 19.6 Å². The van der Waals surface area contributed by atoms with Gasteiger partial charge in [0.25, 0.3) is 0 Å². The van der Waals surface area contributed by atoms with Gasteiger partial charge in [0.1, 0.15) is 0 Å². The number of aliphatic hydroxyl groups excluding tert-OH is 1. The van der Waals surface area contributed by atoms with Crippen molar-refractivity contribution in [2.24, 2.45) is 0 Å². The van der Waals surface area contributed by atoms with E-state index in [0.29, 0.717) is 19.4 Å². The Morgan fingerprint density at radius 2 is 1.67 bits per heavy atom. The second kappa shape index (κ2) is 7.43. The predicted octanol–water partition coefficient (Wildman–Crippen LogP) is 4.17. The number of benzene rings is 3. The van der Waals surface area contributed by atoms with Gasteiger partial charge >= 0.3 is 0 Å². The normalized spacial score (nSPS) is 18.5. The molecule has 4 rings (SSSR count). The molecule has 140 valence electrons. The summed E-state index contributed by atoms with van der Waals surface area (Å²) >= 11 is 0. The molecule has 0 spiro atoms. The third kappa shape index (κ3) is 3.91. The molecule has 1 heterocycles. The first kappa shape index (κ1) is 18.2. The molecule has 0 amide bonds. The van der Waals surface area contributed by atoms with Gasteiger partial charge in [-0.15, -0.1) is 0 Å². The molecule has 1 saturated heterocycles. The monoisotopic (exact) mass is 361 g/mol. The highest BCUT2D eigenvalue weighted by atomic mass is 16.3. The molecule has 1 aliphatic rings. The van der Waals surface area contributed by atoms with Crippen LogP contribution >= 0.6 is 0 Å². The Kier molecular flexibility index (Phi) is 5.00. The molecule has 27 heavy (non-hydrogen) atoms. The Labute approximate surface area is 160 Å². The Balaban J connectivity index is 1.41. The van der Waals surface area contributed by atoms with Crippen LogP contribution in [0.25, 0.3) is 10.8 Å². The van der Waals surface area contributed by atoms with Crippen LogP contribution in [-0.4, -0.2) is 34.7 Å². The summed E-state index contributed by atoms with van der Waals surface area (Å²) in [4.78, 5) is 2.25. The third-order valence-corrected chi connectivity index (χ3v) is 5.83. The van der Waals surface area contributed by atoms with Gasteiger partial charge in [-0.2, -0.15) is 0 Å². The maximum Gasteiger partial charge on any atom is 0.0921 e. The molecular weight excluding hydrogens is 334 g/mol. The van der Waals surface area contributed by atoms with Crippen LogP contribution in [0.2, 0.25) is 0 Å². The van der Waals surface area contributed by atoms with Gasteiger partial charge in [-0.05, 0) is 47.7 Å². The summed E-state index contributed by atoms with van der Waals surface area (Å²) in [6.45, 7) is 4.23. The van der Waals surface area contributed by atoms with E-state index in [1.165, 1.54) is 10.9 Å². The molecule has 1 aliphatic heterocycles. The number of piperidine rings is 1. The minimum Gasteiger partial charge on any atom is -0.387 e.